The van der Waals surface area contributed by atoms with Crippen molar-refractivity contribution in [2.24, 2.45) is 17.8 Å². The third-order valence-electron chi connectivity index (χ3n) is 7.37. The predicted molar refractivity (Wildman–Crippen MR) is 150 cm³/mol. The molecule has 0 spiro atoms. The molecule has 11 nitrogen and oxygen atoms in total. The number of hydrogen-bond acceptors (Lipinski definition) is 9. The molecule has 1 aliphatic rings. The Morgan fingerprint density at radius 3 is 2.51 bits per heavy atom. The minimum absolute atomic E-state index is 0.327. The zero-order valence-electron chi connectivity index (χ0n) is 22.8. The Hall–Kier alpha value is -3.12. The number of hydroxylamine groups is 2. The number of nitrogens with zero attached hydrogens (tertiary/aromatic N) is 4. The second kappa shape index (κ2) is 16.1. The summed E-state index contributed by atoms with van der Waals surface area (Å²) in [6, 6.07) is 0.249. The summed E-state index contributed by atoms with van der Waals surface area (Å²) in [5.74, 6) is 0.164. The van der Waals surface area contributed by atoms with Gasteiger partial charge in [0.2, 0.25) is 24.2 Å². The van der Waals surface area contributed by atoms with Gasteiger partial charge in [0.05, 0.1) is 12.0 Å². The van der Waals surface area contributed by atoms with Crippen LogP contribution in [0.1, 0.15) is 71.6 Å². The van der Waals surface area contributed by atoms with Crippen molar-refractivity contribution in [2.75, 3.05) is 17.2 Å². The lowest BCUT2D eigenvalue weighted by Gasteiger charge is -2.35. The number of carbonyl (C=O) groups is 3. The van der Waals surface area contributed by atoms with E-state index in [0.29, 0.717) is 73.0 Å². The van der Waals surface area contributed by atoms with Crippen molar-refractivity contribution in [3.8, 4) is 0 Å². The molecule has 0 saturated heterocycles. The van der Waals surface area contributed by atoms with Crippen LogP contribution in [-0.2, 0) is 14.4 Å². The molecule has 1 saturated carbocycles. The number of hydrogen-bond donors (Lipinski definition) is 4. The van der Waals surface area contributed by atoms with Gasteiger partial charge < -0.3 is 16.0 Å². The topological polar surface area (TPSA) is 149 Å². The first-order chi connectivity index (χ1) is 18.9. The molecule has 214 valence electrons. The van der Waals surface area contributed by atoms with Crippen molar-refractivity contribution in [1.82, 2.24) is 25.3 Å². The van der Waals surface area contributed by atoms with E-state index >= 15 is 0 Å². The normalized spacial score (nSPS) is 19.4. The van der Waals surface area contributed by atoms with Crippen LogP contribution in [0.15, 0.2) is 30.0 Å². The Labute approximate surface area is 234 Å². The van der Waals surface area contributed by atoms with Gasteiger partial charge >= 0.3 is 0 Å². The summed E-state index contributed by atoms with van der Waals surface area (Å²) >= 11 is 1.30. The SMILES string of the molecule is CCC[C@@H]([C@@H](CC1CCC(C)CC1)C(=O)N[C@@H](CCCNc1ncccn1)C(=O)Nc1nccs1)N(O)C=O. The van der Waals surface area contributed by atoms with Crippen molar-refractivity contribution in [3.63, 3.8) is 0 Å². The molecule has 1 fully saturated rings. The Balaban J connectivity index is 1.73. The summed E-state index contributed by atoms with van der Waals surface area (Å²) in [6.45, 7) is 4.71. The zero-order chi connectivity index (χ0) is 28.0. The highest BCUT2D eigenvalue weighted by molar-refractivity contribution is 7.13. The van der Waals surface area contributed by atoms with Gasteiger partial charge in [-0.1, -0.05) is 46.0 Å². The number of rotatable bonds is 16. The largest absolute Gasteiger partial charge is 0.354 e. The van der Waals surface area contributed by atoms with Crippen molar-refractivity contribution in [1.29, 1.82) is 0 Å². The molecule has 0 radical (unpaired) electrons. The standard InChI is InChI=1S/C27H41N7O4S/c1-3-6-23(34(38)18-35)21(17-20-10-8-19(2)9-11-20)24(36)32-22(25(37)33-27-31-15-16-39-27)7-4-12-28-26-29-13-5-14-30-26/h5,13-16,18-23,38H,3-4,6-12,17H2,1-2H3,(H,32,36)(H,28,29,30)(H,31,33,37)/t19?,20?,21-,22+,23+/m1/s1. The fourth-order valence-corrected chi connectivity index (χ4v) is 5.71. The van der Waals surface area contributed by atoms with Crippen LogP contribution in [0.25, 0.3) is 0 Å². The lowest BCUT2D eigenvalue weighted by molar-refractivity contribution is -0.170. The number of nitrogens with one attached hydrogen (secondary N) is 3. The average molecular weight is 560 g/mol. The first-order valence-electron chi connectivity index (χ1n) is 13.8. The third-order valence-corrected chi connectivity index (χ3v) is 8.06. The molecule has 2 heterocycles. The Morgan fingerprint density at radius 2 is 1.87 bits per heavy atom. The molecule has 3 atom stereocenters. The molecule has 4 N–H and O–H groups in total. The van der Waals surface area contributed by atoms with Crippen molar-refractivity contribution in [3.05, 3.63) is 30.0 Å². The average Bonchev–Trinajstić information content (AvgIpc) is 3.46. The highest BCUT2D eigenvalue weighted by atomic mass is 32.1. The van der Waals surface area contributed by atoms with E-state index < -0.39 is 18.0 Å². The van der Waals surface area contributed by atoms with Crippen LogP contribution in [0.3, 0.4) is 0 Å². The van der Waals surface area contributed by atoms with E-state index in [1.54, 1.807) is 30.0 Å². The molecule has 0 aliphatic heterocycles. The number of amides is 3. The molecular formula is C27H41N7O4S. The maximum atomic E-state index is 13.8. The van der Waals surface area contributed by atoms with Gasteiger partial charge in [0.25, 0.3) is 0 Å². The second-order valence-electron chi connectivity index (χ2n) is 10.3. The number of aromatic nitrogens is 3. The molecule has 1 aliphatic carbocycles. The fourth-order valence-electron chi connectivity index (χ4n) is 5.18. The molecule has 0 aromatic carbocycles. The van der Waals surface area contributed by atoms with E-state index in [4.69, 9.17) is 0 Å². The molecule has 2 aromatic heterocycles. The van der Waals surface area contributed by atoms with Crippen LogP contribution in [0.2, 0.25) is 0 Å². The highest BCUT2D eigenvalue weighted by Crippen LogP contribution is 2.34. The number of anilines is 2. The summed E-state index contributed by atoms with van der Waals surface area (Å²) in [5.41, 5.74) is 0. The highest BCUT2D eigenvalue weighted by Gasteiger charge is 2.36. The van der Waals surface area contributed by atoms with Crippen LogP contribution < -0.4 is 16.0 Å². The number of carbonyl (C=O) groups excluding carboxylic acids is 3. The Bertz CT molecular complexity index is 1000. The summed E-state index contributed by atoms with van der Waals surface area (Å²) in [5, 5.41) is 22.1. The van der Waals surface area contributed by atoms with Gasteiger partial charge in [0, 0.05) is 30.5 Å². The third kappa shape index (κ3) is 9.85. The minimum Gasteiger partial charge on any atom is -0.354 e. The first-order valence-corrected chi connectivity index (χ1v) is 14.7. The Morgan fingerprint density at radius 1 is 1.13 bits per heavy atom. The summed E-state index contributed by atoms with van der Waals surface area (Å²) in [7, 11) is 0. The van der Waals surface area contributed by atoms with E-state index in [1.165, 1.54) is 11.3 Å². The van der Waals surface area contributed by atoms with Gasteiger partial charge in [-0.2, -0.15) is 0 Å². The molecular weight excluding hydrogens is 518 g/mol. The minimum atomic E-state index is -0.820. The molecule has 3 amide bonds. The maximum Gasteiger partial charge on any atom is 0.248 e. The second-order valence-corrected chi connectivity index (χ2v) is 11.2. The Kier molecular flexibility index (Phi) is 12.6. The van der Waals surface area contributed by atoms with Gasteiger partial charge in [-0.15, -0.1) is 11.3 Å². The van der Waals surface area contributed by atoms with Gasteiger partial charge in [0.1, 0.15) is 6.04 Å². The molecule has 39 heavy (non-hydrogen) atoms. The van der Waals surface area contributed by atoms with Gasteiger partial charge in [0.15, 0.2) is 5.13 Å². The number of thiazole rings is 1. The van der Waals surface area contributed by atoms with E-state index in [9.17, 15) is 19.6 Å². The lowest BCUT2D eigenvalue weighted by Crippen LogP contribution is -2.51. The summed E-state index contributed by atoms with van der Waals surface area (Å²) in [4.78, 5) is 51.0. The summed E-state index contributed by atoms with van der Waals surface area (Å²) < 4.78 is 0. The van der Waals surface area contributed by atoms with E-state index in [-0.39, 0.29) is 11.8 Å². The molecule has 0 bridgehead atoms. The fraction of sp³-hybridized carbons (Fsp3) is 0.630. The van der Waals surface area contributed by atoms with E-state index in [0.717, 1.165) is 25.7 Å². The van der Waals surface area contributed by atoms with Gasteiger partial charge in [-0.05, 0) is 43.6 Å². The quantitative estimate of drug-likeness (QED) is 0.104. The van der Waals surface area contributed by atoms with Crippen LogP contribution in [-0.4, -0.2) is 62.1 Å². The monoisotopic (exact) mass is 559 g/mol. The van der Waals surface area contributed by atoms with Gasteiger partial charge in [-0.25, -0.2) is 20.0 Å². The van der Waals surface area contributed by atoms with Crippen LogP contribution in [0.4, 0.5) is 11.1 Å². The van der Waals surface area contributed by atoms with Crippen molar-refractivity contribution in [2.45, 2.75) is 83.7 Å². The van der Waals surface area contributed by atoms with Gasteiger partial charge in [-0.3, -0.25) is 19.6 Å². The zero-order valence-corrected chi connectivity index (χ0v) is 23.6. The van der Waals surface area contributed by atoms with Crippen LogP contribution in [0.5, 0.6) is 0 Å². The molecule has 2 aromatic rings. The summed E-state index contributed by atoms with van der Waals surface area (Å²) in [6.07, 6.45) is 12.1. The van der Waals surface area contributed by atoms with E-state index in [1.807, 2.05) is 6.92 Å². The molecule has 0 unspecified atom stereocenters. The van der Waals surface area contributed by atoms with E-state index in [2.05, 4.69) is 37.8 Å². The predicted octanol–water partition coefficient (Wildman–Crippen LogP) is 4.10. The van der Waals surface area contributed by atoms with Crippen molar-refractivity contribution >= 4 is 40.6 Å². The lowest BCUT2D eigenvalue weighted by atomic mass is 9.76. The maximum absolute atomic E-state index is 13.8. The first kappa shape index (κ1) is 30.4. The van der Waals surface area contributed by atoms with Crippen LogP contribution in [0, 0.1) is 17.8 Å². The van der Waals surface area contributed by atoms with Crippen molar-refractivity contribution < 1.29 is 19.6 Å². The molecule has 3 rings (SSSR count). The molecule has 12 heteroatoms. The van der Waals surface area contributed by atoms with Crippen LogP contribution >= 0.6 is 11.3 Å². The smallest absolute Gasteiger partial charge is 0.248 e.